The summed E-state index contributed by atoms with van der Waals surface area (Å²) in [6.45, 7) is 5.34. The van der Waals surface area contributed by atoms with Gasteiger partial charge >= 0.3 is 0 Å². The first-order chi connectivity index (χ1) is 7.53. The smallest absolute Gasteiger partial charge is 0.224 e. The van der Waals surface area contributed by atoms with Gasteiger partial charge in [0.15, 0.2) is 0 Å². The summed E-state index contributed by atoms with van der Waals surface area (Å²) in [5.41, 5.74) is 5.58. The molecular weight excluding hydrogens is 204 g/mol. The van der Waals surface area contributed by atoms with E-state index in [9.17, 15) is 4.79 Å². The van der Waals surface area contributed by atoms with Crippen LogP contribution in [0.5, 0.6) is 0 Å². The summed E-state index contributed by atoms with van der Waals surface area (Å²) in [7, 11) is 0. The summed E-state index contributed by atoms with van der Waals surface area (Å²) in [4.78, 5) is 11.8. The molecular formula is C12H24N2O2. The van der Waals surface area contributed by atoms with Crippen molar-refractivity contribution in [3.8, 4) is 0 Å². The predicted molar refractivity (Wildman–Crippen MR) is 63.8 cm³/mol. The minimum Gasteiger partial charge on any atom is -0.396 e. The number of aliphatic hydroxyl groups excluding tert-OH is 1. The van der Waals surface area contributed by atoms with Crippen LogP contribution in [0.3, 0.4) is 0 Å². The van der Waals surface area contributed by atoms with Crippen LogP contribution in [0.25, 0.3) is 0 Å². The first-order valence-electron chi connectivity index (χ1n) is 6.11. The highest BCUT2D eigenvalue weighted by Crippen LogP contribution is 2.44. The molecule has 1 saturated carbocycles. The molecule has 4 nitrogen and oxygen atoms in total. The van der Waals surface area contributed by atoms with E-state index in [1.807, 2.05) is 0 Å². The van der Waals surface area contributed by atoms with Gasteiger partial charge in [0.25, 0.3) is 0 Å². The molecule has 0 heterocycles. The van der Waals surface area contributed by atoms with E-state index in [1.54, 1.807) is 0 Å². The standard InChI is InChI=1S/C12H24N2O2/c1-9(2)5-10(6-13)11(16)14-7-12(8-15)3-4-12/h9-10,15H,3-8,13H2,1-2H3,(H,14,16). The number of nitrogens with two attached hydrogens (primary N) is 1. The number of hydrogen-bond acceptors (Lipinski definition) is 3. The van der Waals surface area contributed by atoms with Crippen LogP contribution in [-0.2, 0) is 4.79 Å². The molecule has 0 bridgehead atoms. The van der Waals surface area contributed by atoms with Crippen LogP contribution in [0.2, 0.25) is 0 Å². The largest absolute Gasteiger partial charge is 0.396 e. The number of carbonyl (C=O) groups is 1. The highest BCUT2D eigenvalue weighted by Gasteiger charge is 2.42. The van der Waals surface area contributed by atoms with Crippen molar-refractivity contribution in [3.63, 3.8) is 0 Å². The van der Waals surface area contributed by atoms with Crippen molar-refractivity contribution in [1.29, 1.82) is 0 Å². The van der Waals surface area contributed by atoms with Crippen LogP contribution in [0, 0.1) is 17.3 Å². The fourth-order valence-corrected chi connectivity index (χ4v) is 1.87. The number of aliphatic hydroxyl groups is 1. The van der Waals surface area contributed by atoms with E-state index in [-0.39, 0.29) is 23.8 Å². The van der Waals surface area contributed by atoms with Crippen molar-refractivity contribution >= 4 is 5.91 Å². The van der Waals surface area contributed by atoms with Gasteiger partial charge in [-0.05, 0) is 25.2 Å². The molecule has 0 aromatic rings. The number of amides is 1. The lowest BCUT2D eigenvalue weighted by Crippen LogP contribution is -2.39. The average Bonchev–Trinajstić information content (AvgIpc) is 3.03. The van der Waals surface area contributed by atoms with E-state index in [0.717, 1.165) is 19.3 Å². The molecule has 1 amide bonds. The van der Waals surface area contributed by atoms with E-state index < -0.39 is 0 Å². The lowest BCUT2D eigenvalue weighted by Gasteiger charge is -2.19. The van der Waals surface area contributed by atoms with Crippen LogP contribution in [0.4, 0.5) is 0 Å². The molecule has 4 heteroatoms. The van der Waals surface area contributed by atoms with Gasteiger partial charge in [0.1, 0.15) is 0 Å². The maximum absolute atomic E-state index is 11.8. The molecule has 1 fully saturated rings. The molecule has 1 aliphatic carbocycles. The molecule has 0 aromatic carbocycles. The Labute approximate surface area is 97.6 Å². The summed E-state index contributed by atoms with van der Waals surface area (Å²) in [5.74, 6) is 0.428. The van der Waals surface area contributed by atoms with Crippen molar-refractivity contribution in [1.82, 2.24) is 5.32 Å². The molecule has 0 aliphatic heterocycles. The van der Waals surface area contributed by atoms with Crippen molar-refractivity contribution < 1.29 is 9.90 Å². The molecule has 4 N–H and O–H groups in total. The molecule has 16 heavy (non-hydrogen) atoms. The molecule has 1 aliphatic rings. The average molecular weight is 228 g/mol. The second kappa shape index (κ2) is 5.64. The third-order valence-corrected chi connectivity index (χ3v) is 3.34. The SMILES string of the molecule is CC(C)CC(CN)C(=O)NCC1(CO)CC1. The molecule has 1 atom stereocenters. The van der Waals surface area contributed by atoms with Crippen molar-refractivity contribution in [2.75, 3.05) is 19.7 Å². The fraction of sp³-hybridized carbons (Fsp3) is 0.917. The number of nitrogens with one attached hydrogen (secondary N) is 1. The Balaban J connectivity index is 2.32. The van der Waals surface area contributed by atoms with Crippen LogP contribution >= 0.6 is 0 Å². The second-order valence-electron chi connectivity index (χ2n) is 5.44. The predicted octanol–water partition coefficient (Wildman–Crippen LogP) is 0.496. The zero-order valence-electron chi connectivity index (χ0n) is 10.3. The van der Waals surface area contributed by atoms with Crippen LogP contribution in [0.15, 0.2) is 0 Å². The number of carbonyl (C=O) groups excluding carboxylic acids is 1. The molecule has 94 valence electrons. The first kappa shape index (κ1) is 13.5. The monoisotopic (exact) mass is 228 g/mol. The van der Waals surface area contributed by atoms with E-state index in [2.05, 4.69) is 19.2 Å². The van der Waals surface area contributed by atoms with Crippen LogP contribution in [0.1, 0.15) is 33.1 Å². The van der Waals surface area contributed by atoms with E-state index in [4.69, 9.17) is 10.8 Å². The third-order valence-electron chi connectivity index (χ3n) is 3.34. The summed E-state index contributed by atoms with van der Waals surface area (Å²) < 4.78 is 0. The number of rotatable bonds is 7. The van der Waals surface area contributed by atoms with Gasteiger partial charge in [0, 0.05) is 18.5 Å². The van der Waals surface area contributed by atoms with Gasteiger partial charge in [-0.3, -0.25) is 4.79 Å². The maximum atomic E-state index is 11.8. The molecule has 1 rings (SSSR count). The quantitative estimate of drug-likeness (QED) is 0.594. The van der Waals surface area contributed by atoms with Gasteiger partial charge in [-0.25, -0.2) is 0 Å². The van der Waals surface area contributed by atoms with E-state index >= 15 is 0 Å². The van der Waals surface area contributed by atoms with E-state index in [1.165, 1.54) is 0 Å². The van der Waals surface area contributed by atoms with Crippen molar-refractivity contribution in [2.24, 2.45) is 23.0 Å². The Kier molecular flexibility index (Phi) is 4.74. The maximum Gasteiger partial charge on any atom is 0.224 e. The van der Waals surface area contributed by atoms with Gasteiger partial charge in [0.2, 0.25) is 5.91 Å². The zero-order chi connectivity index (χ0) is 12.2. The first-order valence-corrected chi connectivity index (χ1v) is 6.11. The molecule has 0 spiro atoms. The third kappa shape index (κ3) is 3.76. The van der Waals surface area contributed by atoms with Gasteiger partial charge < -0.3 is 16.2 Å². The highest BCUT2D eigenvalue weighted by atomic mass is 16.3. The molecule has 1 unspecified atom stereocenters. The Bertz CT molecular complexity index is 237. The van der Waals surface area contributed by atoms with Gasteiger partial charge in [-0.1, -0.05) is 13.8 Å². The zero-order valence-corrected chi connectivity index (χ0v) is 10.3. The van der Waals surface area contributed by atoms with Gasteiger partial charge in [0.05, 0.1) is 12.5 Å². The Morgan fingerprint density at radius 1 is 1.50 bits per heavy atom. The molecule has 0 saturated heterocycles. The van der Waals surface area contributed by atoms with Crippen molar-refractivity contribution in [2.45, 2.75) is 33.1 Å². The Morgan fingerprint density at radius 3 is 2.50 bits per heavy atom. The normalized spacial score (nSPS) is 19.6. The van der Waals surface area contributed by atoms with Crippen molar-refractivity contribution in [3.05, 3.63) is 0 Å². The Hall–Kier alpha value is -0.610. The van der Waals surface area contributed by atoms with Gasteiger partial charge in [-0.15, -0.1) is 0 Å². The van der Waals surface area contributed by atoms with Gasteiger partial charge in [-0.2, -0.15) is 0 Å². The lowest BCUT2D eigenvalue weighted by atomic mass is 9.96. The highest BCUT2D eigenvalue weighted by molar-refractivity contribution is 5.78. The number of hydrogen-bond donors (Lipinski definition) is 3. The van der Waals surface area contributed by atoms with E-state index in [0.29, 0.717) is 19.0 Å². The Morgan fingerprint density at radius 2 is 2.12 bits per heavy atom. The summed E-state index contributed by atoms with van der Waals surface area (Å²) in [6, 6.07) is 0. The summed E-state index contributed by atoms with van der Waals surface area (Å²) >= 11 is 0. The topological polar surface area (TPSA) is 75.4 Å². The minimum atomic E-state index is -0.0884. The fourth-order valence-electron chi connectivity index (χ4n) is 1.87. The summed E-state index contributed by atoms with van der Waals surface area (Å²) in [6.07, 6.45) is 2.86. The minimum absolute atomic E-state index is 0.0212. The van der Waals surface area contributed by atoms with Crippen LogP contribution in [-0.4, -0.2) is 30.7 Å². The lowest BCUT2D eigenvalue weighted by molar-refractivity contribution is -0.125. The second-order valence-corrected chi connectivity index (χ2v) is 5.44. The van der Waals surface area contributed by atoms with Crippen LogP contribution < -0.4 is 11.1 Å². The molecule has 0 aromatic heterocycles. The molecule has 0 radical (unpaired) electrons. The summed E-state index contributed by atoms with van der Waals surface area (Å²) in [5, 5.41) is 12.0.